The van der Waals surface area contributed by atoms with Gasteiger partial charge in [0, 0.05) is 17.2 Å². The van der Waals surface area contributed by atoms with Crippen molar-refractivity contribution in [2.75, 3.05) is 6.61 Å². The Balaban J connectivity index is 2.70. The summed E-state index contributed by atoms with van der Waals surface area (Å²) in [6.45, 7) is 6.46. The number of aliphatic hydroxyl groups is 1. The maximum atomic E-state index is 12.2. The quantitative estimate of drug-likeness (QED) is 0.132. The number of carboxylic acid groups (broad SMARTS) is 1. The number of rotatable bonds is 17. The predicted molar refractivity (Wildman–Crippen MR) is 131 cm³/mol. The molecule has 0 saturated heterocycles. The number of hydrogen-bond donors (Lipinski definition) is 2. The van der Waals surface area contributed by atoms with E-state index in [0.29, 0.717) is 17.7 Å². The summed E-state index contributed by atoms with van der Waals surface area (Å²) >= 11 is 0. The third-order valence-electron chi connectivity index (χ3n) is 5.42. The summed E-state index contributed by atoms with van der Waals surface area (Å²) in [6, 6.07) is 6.48. The van der Waals surface area contributed by atoms with Crippen LogP contribution in [0.5, 0.6) is 5.75 Å². The fraction of sp³-hybridized carbons (Fsp3) is 0.593. The summed E-state index contributed by atoms with van der Waals surface area (Å²) in [4.78, 5) is 35.1. The zero-order valence-electron chi connectivity index (χ0n) is 21.0. The van der Waals surface area contributed by atoms with Crippen LogP contribution in [0.4, 0.5) is 0 Å². The molecule has 1 unspecified atom stereocenters. The molecule has 1 aromatic rings. The second kappa shape index (κ2) is 15.3. The van der Waals surface area contributed by atoms with E-state index in [2.05, 4.69) is 6.92 Å². The van der Waals surface area contributed by atoms with Crippen molar-refractivity contribution < 1.29 is 34.1 Å². The number of hydrogen-bond acceptors (Lipinski definition) is 6. The molecule has 0 fully saturated rings. The van der Waals surface area contributed by atoms with Gasteiger partial charge in [0.1, 0.15) is 24.1 Å². The highest BCUT2D eigenvalue weighted by atomic mass is 16.6. The lowest BCUT2D eigenvalue weighted by Crippen LogP contribution is -2.31. The highest BCUT2D eigenvalue weighted by Gasteiger charge is 2.25. The number of carbonyl (C=O) groups excluding carboxylic acids is 2. The average Bonchev–Trinajstić information content (AvgIpc) is 2.77. The predicted octanol–water partition coefficient (Wildman–Crippen LogP) is 5.49. The van der Waals surface area contributed by atoms with Crippen molar-refractivity contribution in [2.45, 2.75) is 97.2 Å². The topological polar surface area (TPSA) is 110 Å². The van der Waals surface area contributed by atoms with Crippen molar-refractivity contribution in [3.8, 4) is 5.75 Å². The van der Waals surface area contributed by atoms with Crippen LogP contribution in [-0.2, 0) is 14.3 Å². The monoisotopic (exact) mass is 476 g/mol. The number of benzene rings is 1. The summed E-state index contributed by atoms with van der Waals surface area (Å²) in [5.41, 5.74) is -1.08. The molecule has 0 bridgehead atoms. The molecule has 0 heterocycles. The molecule has 0 aliphatic heterocycles. The van der Waals surface area contributed by atoms with Gasteiger partial charge in [0.25, 0.3) is 0 Å². The van der Waals surface area contributed by atoms with Crippen molar-refractivity contribution >= 4 is 17.7 Å². The van der Waals surface area contributed by atoms with Gasteiger partial charge in [-0.25, -0.2) is 9.59 Å². The molecule has 1 rings (SSSR count). The molecule has 0 aromatic heterocycles. The van der Waals surface area contributed by atoms with Crippen LogP contribution in [0.15, 0.2) is 35.9 Å². The zero-order chi connectivity index (χ0) is 25.6. The van der Waals surface area contributed by atoms with Crippen LogP contribution in [0, 0.1) is 0 Å². The lowest BCUT2D eigenvalue weighted by atomic mass is 9.97. The van der Waals surface area contributed by atoms with E-state index in [1.54, 1.807) is 24.3 Å². The summed E-state index contributed by atoms with van der Waals surface area (Å²) in [5.74, 6) is -1.77. The third kappa shape index (κ3) is 12.0. The molecular formula is C27H40O7. The van der Waals surface area contributed by atoms with Crippen LogP contribution < -0.4 is 4.74 Å². The van der Waals surface area contributed by atoms with Gasteiger partial charge >= 0.3 is 11.9 Å². The number of esters is 1. The number of ether oxygens (including phenoxy) is 2. The number of carbonyl (C=O) groups is 3. The second-order valence-corrected chi connectivity index (χ2v) is 9.18. The van der Waals surface area contributed by atoms with Crippen molar-refractivity contribution in [1.82, 2.24) is 0 Å². The number of ketones is 1. The van der Waals surface area contributed by atoms with Gasteiger partial charge in [-0.15, -0.1) is 0 Å². The first-order chi connectivity index (χ1) is 16.0. The fourth-order valence-corrected chi connectivity index (χ4v) is 3.44. The Morgan fingerprint density at radius 1 is 0.971 bits per heavy atom. The van der Waals surface area contributed by atoms with Crippen molar-refractivity contribution in [2.24, 2.45) is 0 Å². The van der Waals surface area contributed by atoms with E-state index >= 15 is 0 Å². The standard InChI is InChI=1S/C27H40O7/c1-5-6-7-8-9-10-11-12-13-23(19-33-26(31)20(2)18-24(28)29)34-22-16-14-21(15-17-22)25(30)27(3,4)32/h14-18,23,32H,5-13,19H2,1-4H3,(H,28,29)/b20-18+. The first kappa shape index (κ1) is 29.4. The SMILES string of the molecule is CCCCCCCCCCC(COC(=O)/C(C)=C/C(=O)O)Oc1ccc(C(=O)C(C)(C)O)cc1. The molecule has 34 heavy (non-hydrogen) atoms. The van der Waals surface area contributed by atoms with Crippen molar-refractivity contribution in [3.63, 3.8) is 0 Å². The first-order valence-corrected chi connectivity index (χ1v) is 12.2. The zero-order valence-corrected chi connectivity index (χ0v) is 21.0. The van der Waals surface area contributed by atoms with Crippen LogP contribution in [0.25, 0.3) is 0 Å². The van der Waals surface area contributed by atoms with Crippen LogP contribution in [0.1, 0.15) is 95.8 Å². The minimum absolute atomic E-state index is 0.00723. The second-order valence-electron chi connectivity index (χ2n) is 9.18. The summed E-state index contributed by atoms with van der Waals surface area (Å²) in [6.07, 6.45) is 10.4. The van der Waals surface area contributed by atoms with Crippen molar-refractivity contribution in [3.05, 3.63) is 41.5 Å². The normalized spacial score (nSPS) is 12.8. The largest absolute Gasteiger partial charge is 0.487 e. The van der Waals surface area contributed by atoms with E-state index in [1.165, 1.54) is 52.9 Å². The number of Topliss-reactive ketones (excluding diaryl/α,β-unsaturated/α-hetero) is 1. The molecular weight excluding hydrogens is 436 g/mol. The lowest BCUT2D eigenvalue weighted by Gasteiger charge is -2.20. The van der Waals surface area contributed by atoms with Gasteiger partial charge in [0.15, 0.2) is 5.78 Å². The van der Waals surface area contributed by atoms with E-state index < -0.39 is 23.6 Å². The lowest BCUT2D eigenvalue weighted by molar-refractivity contribution is -0.142. The summed E-state index contributed by atoms with van der Waals surface area (Å²) in [7, 11) is 0. The Hall–Kier alpha value is -2.67. The molecule has 0 radical (unpaired) electrons. The Labute approximate surface area is 203 Å². The van der Waals surface area contributed by atoms with Gasteiger partial charge in [-0.05, 0) is 57.9 Å². The van der Waals surface area contributed by atoms with Gasteiger partial charge in [0.2, 0.25) is 0 Å². The average molecular weight is 477 g/mol. The summed E-state index contributed by atoms with van der Waals surface area (Å²) in [5, 5.41) is 18.7. The molecule has 0 aliphatic rings. The van der Waals surface area contributed by atoms with E-state index in [0.717, 1.165) is 25.3 Å². The molecule has 0 saturated carbocycles. The molecule has 0 spiro atoms. The molecule has 190 valence electrons. The van der Waals surface area contributed by atoms with E-state index in [9.17, 15) is 19.5 Å². The van der Waals surface area contributed by atoms with Crippen molar-refractivity contribution in [1.29, 1.82) is 0 Å². The van der Waals surface area contributed by atoms with Gasteiger partial charge in [-0.3, -0.25) is 4.79 Å². The molecule has 1 atom stereocenters. The van der Waals surface area contributed by atoms with Gasteiger partial charge < -0.3 is 19.7 Å². The number of aliphatic carboxylic acids is 1. The van der Waals surface area contributed by atoms with Crippen LogP contribution >= 0.6 is 0 Å². The smallest absolute Gasteiger partial charge is 0.334 e. The summed E-state index contributed by atoms with van der Waals surface area (Å²) < 4.78 is 11.3. The number of unbranched alkanes of at least 4 members (excludes halogenated alkanes) is 7. The molecule has 0 amide bonds. The van der Waals surface area contributed by atoms with Gasteiger partial charge in [-0.1, -0.05) is 51.9 Å². The fourth-order valence-electron chi connectivity index (χ4n) is 3.44. The maximum absolute atomic E-state index is 12.2. The van der Waals surface area contributed by atoms with E-state index in [1.807, 2.05) is 0 Å². The van der Waals surface area contributed by atoms with Crippen LogP contribution in [0.2, 0.25) is 0 Å². The Kier molecular flexibility index (Phi) is 13.2. The van der Waals surface area contributed by atoms with Crippen LogP contribution in [-0.4, -0.2) is 46.2 Å². The number of carboxylic acids is 1. The molecule has 1 aromatic carbocycles. The first-order valence-electron chi connectivity index (χ1n) is 12.2. The molecule has 0 aliphatic carbocycles. The van der Waals surface area contributed by atoms with E-state index in [-0.39, 0.29) is 18.0 Å². The maximum Gasteiger partial charge on any atom is 0.334 e. The highest BCUT2D eigenvalue weighted by Crippen LogP contribution is 2.20. The van der Waals surface area contributed by atoms with Crippen LogP contribution in [0.3, 0.4) is 0 Å². The molecule has 7 nitrogen and oxygen atoms in total. The van der Waals surface area contributed by atoms with E-state index in [4.69, 9.17) is 14.6 Å². The highest BCUT2D eigenvalue weighted by molar-refractivity contribution is 6.01. The minimum Gasteiger partial charge on any atom is -0.487 e. The Morgan fingerprint density at radius 2 is 1.53 bits per heavy atom. The minimum atomic E-state index is -1.46. The molecule has 7 heteroatoms. The van der Waals surface area contributed by atoms with Gasteiger partial charge in [0.05, 0.1) is 0 Å². The molecule has 2 N–H and O–H groups in total. The Bertz CT molecular complexity index is 803. The Morgan fingerprint density at radius 3 is 2.06 bits per heavy atom. The third-order valence-corrected chi connectivity index (χ3v) is 5.42. The van der Waals surface area contributed by atoms with Gasteiger partial charge in [-0.2, -0.15) is 0 Å².